The monoisotopic (exact) mass is 438 g/mol. The molecule has 0 aromatic carbocycles. The molecule has 0 fully saturated rings. The molecule has 25 heavy (non-hydrogen) atoms. The van der Waals surface area contributed by atoms with E-state index in [1.807, 2.05) is 0 Å². The first-order valence-corrected chi connectivity index (χ1v) is 14.2. The van der Waals surface area contributed by atoms with Gasteiger partial charge < -0.3 is 0 Å². The summed E-state index contributed by atoms with van der Waals surface area (Å²) in [5.41, 5.74) is 0. The summed E-state index contributed by atoms with van der Waals surface area (Å²) in [6.07, 6.45) is 0.122. The third-order valence-electron chi connectivity index (χ3n) is 5.24. The van der Waals surface area contributed by atoms with Gasteiger partial charge in [-0.25, -0.2) is 0 Å². The van der Waals surface area contributed by atoms with E-state index in [-0.39, 0.29) is 25.7 Å². The average molecular weight is 440 g/mol. The molecule has 4 N–H and O–H groups in total. The summed E-state index contributed by atoms with van der Waals surface area (Å²) >= 11 is -5.00. The number of rotatable bonds is 12. The zero-order valence-electron chi connectivity index (χ0n) is 15.1. The molecule has 0 aromatic rings. The minimum atomic E-state index is -5.00. The van der Waals surface area contributed by atoms with Crippen molar-refractivity contribution >= 4 is 23.9 Å². The van der Waals surface area contributed by atoms with Crippen LogP contribution < -0.4 is 0 Å². The maximum absolute atomic E-state index is 12.0. The van der Waals surface area contributed by atoms with Gasteiger partial charge in [0.1, 0.15) is 0 Å². The zero-order chi connectivity index (χ0) is 19.9. The first-order valence-electron chi connectivity index (χ1n) is 8.48. The van der Waals surface area contributed by atoms with Crippen LogP contribution in [0, 0.1) is 0 Å². The topological polar surface area (TPSA) is 149 Å². The van der Waals surface area contributed by atoms with E-state index in [0.717, 1.165) is 0 Å². The third kappa shape index (κ3) is 4.49. The van der Waals surface area contributed by atoms with E-state index < -0.39 is 58.6 Å². The number of hydrogen-bond acceptors (Lipinski definition) is 4. The first-order chi connectivity index (χ1) is 11.6. The third-order valence-corrected chi connectivity index (χ3v) is 23.6. The van der Waals surface area contributed by atoms with Gasteiger partial charge in [-0.3, -0.25) is 0 Å². The average Bonchev–Trinajstić information content (AvgIpc) is 2.47. The normalized spacial score (nSPS) is 18.4. The maximum atomic E-state index is 12.0. The Bertz CT molecular complexity index is 425. The summed E-state index contributed by atoms with van der Waals surface area (Å²) in [5.74, 6) is -5.12. The fourth-order valence-electron chi connectivity index (χ4n) is 4.43. The van der Waals surface area contributed by atoms with Gasteiger partial charge in [-0.05, 0) is 0 Å². The van der Waals surface area contributed by atoms with Crippen molar-refractivity contribution in [1.82, 2.24) is 0 Å². The molecule has 4 unspecified atom stereocenters. The van der Waals surface area contributed by atoms with E-state index in [9.17, 15) is 39.6 Å². The molecule has 9 heteroatoms. The molecule has 4 atom stereocenters. The predicted octanol–water partition coefficient (Wildman–Crippen LogP) is 3.27. The molecule has 0 aliphatic heterocycles. The van der Waals surface area contributed by atoms with Crippen LogP contribution in [-0.2, 0) is 39.4 Å². The Labute approximate surface area is 151 Å². The van der Waals surface area contributed by atoms with Crippen molar-refractivity contribution in [3.05, 3.63) is 0 Å². The van der Waals surface area contributed by atoms with E-state index in [1.165, 1.54) is 0 Å². The van der Waals surface area contributed by atoms with Crippen molar-refractivity contribution in [2.75, 3.05) is 0 Å². The van der Waals surface area contributed by atoms with E-state index >= 15 is 0 Å². The van der Waals surface area contributed by atoms with Gasteiger partial charge in [0.2, 0.25) is 0 Å². The van der Waals surface area contributed by atoms with Crippen molar-refractivity contribution in [2.24, 2.45) is 0 Å². The van der Waals surface area contributed by atoms with Gasteiger partial charge in [0.05, 0.1) is 0 Å². The number of aliphatic carboxylic acids is 4. The Balaban J connectivity index is 7.12. The van der Waals surface area contributed by atoms with Crippen LogP contribution in [-0.4, -0.2) is 44.3 Å². The van der Waals surface area contributed by atoms with Crippen molar-refractivity contribution < 1.29 is 59.9 Å². The van der Waals surface area contributed by atoms with E-state index in [4.69, 9.17) is 0 Å². The predicted molar refractivity (Wildman–Crippen MR) is 86.7 cm³/mol. The van der Waals surface area contributed by atoms with Crippen LogP contribution in [0.25, 0.3) is 0 Å². The summed E-state index contributed by atoms with van der Waals surface area (Å²) in [4.78, 5) is 47.9. The molecule has 0 saturated heterocycles. The Kier molecular flexibility index (Phi) is 9.55. The van der Waals surface area contributed by atoms with Crippen molar-refractivity contribution in [3.8, 4) is 0 Å². The second-order valence-electron chi connectivity index (χ2n) is 6.20. The summed E-state index contributed by atoms with van der Waals surface area (Å²) < 4.78 is -4.79. The summed E-state index contributed by atoms with van der Waals surface area (Å²) in [5, 5.41) is 39.0. The second-order valence-corrected chi connectivity index (χ2v) is 18.0. The van der Waals surface area contributed by atoms with Crippen molar-refractivity contribution in [3.63, 3.8) is 0 Å². The quantitative estimate of drug-likeness (QED) is 0.362. The molecule has 0 radical (unpaired) electrons. The fourth-order valence-corrected chi connectivity index (χ4v) is 22.7. The molecule has 144 valence electrons. The molecule has 0 aliphatic carbocycles. The van der Waals surface area contributed by atoms with E-state index in [2.05, 4.69) is 0 Å². The summed E-state index contributed by atoms with van der Waals surface area (Å²) in [6.45, 7) is 6.23. The fraction of sp³-hybridized carbons (Fsp3) is 0.750. The molecule has 0 rings (SSSR count). The molecule has 0 spiro atoms. The second kappa shape index (κ2) is 10.0. The molecule has 0 heterocycles. The summed E-state index contributed by atoms with van der Waals surface area (Å²) in [6, 6.07) is 0. The molecule has 0 saturated carbocycles. The van der Waals surface area contributed by atoms with Crippen LogP contribution in [0.2, 0.25) is 14.5 Å². The van der Waals surface area contributed by atoms with Crippen LogP contribution in [0.4, 0.5) is 0 Å². The Morgan fingerprint density at radius 3 is 0.800 bits per heavy atom. The van der Waals surface area contributed by atoms with Crippen LogP contribution in [0.15, 0.2) is 0 Å². The number of hydrogen-bond donors (Lipinski definition) is 4. The minimum absolute atomic E-state index is 0.0305. The van der Waals surface area contributed by atoms with Gasteiger partial charge in [0, 0.05) is 0 Å². The number of carboxylic acid groups (broad SMARTS) is 4. The van der Waals surface area contributed by atoms with Crippen LogP contribution >= 0.6 is 0 Å². The van der Waals surface area contributed by atoms with Gasteiger partial charge in [-0.2, -0.15) is 0 Å². The van der Waals surface area contributed by atoms with Crippen molar-refractivity contribution in [1.29, 1.82) is 0 Å². The Morgan fingerprint density at radius 1 is 0.560 bits per heavy atom. The van der Waals surface area contributed by atoms with Crippen LogP contribution in [0.5, 0.6) is 0 Å². The number of carbonyl (C=O) groups is 4. The van der Waals surface area contributed by atoms with Gasteiger partial charge >= 0.3 is 152 Å². The molecular formula is C16H28O8Zr. The number of carboxylic acids is 4. The van der Waals surface area contributed by atoms with Crippen LogP contribution in [0.3, 0.4) is 0 Å². The molecule has 0 aromatic heterocycles. The van der Waals surface area contributed by atoms with Gasteiger partial charge in [-0.15, -0.1) is 0 Å². The Hall–Kier alpha value is -1.24. The van der Waals surface area contributed by atoms with E-state index in [0.29, 0.717) is 0 Å². The standard InChI is InChI=1S/4C4H7O2.Zr/c4*1-2-3-4(5)6;/h4*3H,2H2,1H3,(H,5,6);. The Morgan fingerprint density at radius 2 is 0.720 bits per heavy atom. The summed E-state index contributed by atoms with van der Waals surface area (Å²) in [7, 11) is 0. The molecule has 0 amide bonds. The van der Waals surface area contributed by atoms with Crippen LogP contribution in [0.1, 0.15) is 53.4 Å². The molecule has 8 nitrogen and oxygen atoms in total. The zero-order valence-corrected chi connectivity index (χ0v) is 17.5. The van der Waals surface area contributed by atoms with Crippen molar-refractivity contribution in [2.45, 2.75) is 67.9 Å². The van der Waals surface area contributed by atoms with Gasteiger partial charge in [-0.1, -0.05) is 0 Å². The molecule has 0 aliphatic rings. The van der Waals surface area contributed by atoms with E-state index in [1.54, 1.807) is 27.7 Å². The molecule has 0 bridgehead atoms. The SMILES string of the molecule is CC[CH](C(=O)O)[Zr]([CH](CC)C(=O)O)([CH](CC)C(=O)O)[CH](CC)C(=O)O. The van der Waals surface area contributed by atoms with Gasteiger partial charge in [0.25, 0.3) is 0 Å². The van der Waals surface area contributed by atoms with Gasteiger partial charge in [0.15, 0.2) is 0 Å². The first kappa shape index (κ1) is 23.8. The molecular weight excluding hydrogens is 411 g/mol.